The van der Waals surface area contributed by atoms with Crippen LogP contribution in [0.3, 0.4) is 0 Å². The number of benzene rings is 7. The number of hydrogen-bond acceptors (Lipinski definition) is 5. The third-order valence-corrected chi connectivity index (χ3v) is 12.1. The number of thiophene rings is 2. The smallest absolute Gasteiger partial charge is 0.164 e. The van der Waals surface area contributed by atoms with Crippen LogP contribution in [-0.4, -0.2) is 19.5 Å². The maximum Gasteiger partial charge on any atom is 0.164 e. The zero-order valence-electron chi connectivity index (χ0n) is 27.1. The van der Waals surface area contributed by atoms with Gasteiger partial charge in [-0.15, -0.1) is 22.7 Å². The standard InChI is InChI=1S/C45H26N4S2/c1-2-11-29(12-3-1)49-36-17-7-4-13-30(36)34-25-27(21-23-37(34)49)43-46-44(28-22-24-40-35(26-28)31-14-5-8-18-38(31)50-40)48-45(47-43)33-16-10-20-41-42(33)32-15-6-9-19-39(32)51-41/h1-26H. The van der Waals surface area contributed by atoms with Crippen molar-refractivity contribution in [3.63, 3.8) is 0 Å². The minimum Gasteiger partial charge on any atom is -0.309 e. The van der Waals surface area contributed by atoms with E-state index in [0.717, 1.165) is 33.3 Å². The van der Waals surface area contributed by atoms with Crippen molar-refractivity contribution < 1.29 is 0 Å². The molecule has 51 heavy (non-hydrogen) atoms. The summed E-state index contributed by atoms with van der Waals surface area (Å²) >= 11 is 3.62. The zero-order chi connectivity index (χ0) is 33.5. The van der Waals surface area contributed by atoms with Crippen LogP contribution in [0.25, 0.3) is 102 Å². The van der Waals surface area contributed by atoms with Crippen molar-refractivity contribution in [3.8, 4) is 39.9 Å². The summed E-state index contributed by atoms with van der Waals surface area (Å²) in [6, 6.07) is 56.0. The van der Waals surface area contributed by atoms with E-state index in [1.807, 2.05) is 11.3 Å². The van der Waals surface area contributed by atoms with Crippen LogP contribution in [0.15, 0.2) is 158 Å². The molecule has 0 saturated carbocycles. The highest BCUT2D eigenvalue weighted by Crippen LogP contribution is 2.41. The third kappa shape index (κ3) is 4.47. The average Bonchev–Trinajstić information content (AvgIpc) is 3.87. The predicted molar refractivity (Wildman–Crippen MR) is 216 cm³/mol. The van der Waals surface area contributed by atoms with Gasteiger partial charge >= 0.3 is 0 Å². The highest BCUT2D eigenvalue weighted by Gasteiger charge is 2.19. The van der Waals surface area contributed by atoms with E-state index >= 15 is 0 Å². The first-order chi connectivity index (χ1) is 25.3. The lowest BCUT2D eigenvalue weighted by molar-refractivity contribution is 1.08. The number of nitrogens with zero attached hydrogens (tertiary/aromatic N) is 4. The Labute approximate surface area is 300 Å². The van der Waals surface area contributed by atoms with Gasteiger partial charge in [-0.2, -0.15) is 0 Å². The van der Waals surface area contributed by atoms with E-state index in [1.54, 1.807) is 11.3 Å². The van der Waals surface area contributed by atoms with Gasteiger partial charge in [0, 0.05) is 73.5 Å². The third-order valence-electron chi connectivity index (χ3n) is 9.86. The fourth-order valence-electron chi connectivity index (χ4n) is 7.55. The van der Waals surface area contributed by atoms with Crippen LogP contribution in [0, 0.1) is 0 Å². The molecule has 7 aromatic carbocycles. The van der Waals surface area contributed by atoms with Crippen LogP contribution in [0.4, 0.5) is 0 Å². The molecule has 4 heterocycles. The first kappa shape index (κ1) is 28.6. The molecule has 0 unspecified atom stereocenters. The molecule has 0 aliphatic heterocycles. The van der Waals surface area contributed by atoms with Crippen LogP contribution in [0.1, 0.15) is 0 Å². The van der Waals surface area contributed by atoms with E-state index in [-0.39, 0.29) is 0 Å². The van der Waals surface area contributed by atoms with Gasteiger partial charge < -0.3 is 4.57 Å². The lowest BCUT2D eigenvalue weighted by Crippen LogP contribution is -2.00. The Morgan fingerprint density at radius 3 is 1.76 bits per heavy atom. The Morgan fingerprint density at radius 2 is 0.941 bits per heavy atom. The topological polar surface area (TPSA) is 43.6 Å². The monoisotopic (exact) mass is 686 g/mol. The maximum atomic E-state index is 5.27. The van der Waals surface area contributed by atoms with Crippen molar-refractivity contribution in [2.75, 3.05) is 0 Å². The Morgan fingerprint density at radius 1 is 0.373 bits per heavy atom. The molecule has 11 aromatic rings. The van der Waals surface area contributed by atoms with Gasteiger partial charge in [0.25, 0.3) is 0 Å². The summed E-state index contributed by atoms with van der Waals surface area (Å²) in [6.45, 7) is 0. The predicted octanol–water partition coefficient (Wildman–Crippen LogP) is 12.7. The highest BCUT2D eigenvalue weighted by atomic mass is 32.1. The average molecular weight is 687 g/mol. The molecule has 0 saturated heterocycles. The molecule has 0 atom stereocenters. The molecule has 0 amide bonds. The van der Waals surface area contributed by atoms with Crippen molar-refractivity contribution in [1.29, 1.82) is 0 Å². The highest BCUT2D eigenvalue weighted by molar-refractivity contribution is 7.26. The normalized spacial score (nSPS) is 11.9. The number of para-hydroxylation sites is 2. The molecule has 0 N–H and O–H groups in total. The van der Waals surface area contributed by atoms with Crippen molar-refractivity contribution in [2.45, 2.75) is 0 Å². The van der Waals surface area contributed by atoms with Crippen LogP contribution >= 0.6 is 22.7 Å². The van der Waals surface area contributed by atoms with E-state index in [1.165, 1.54) is 51.2 Å². The van der Waals surface area contributed by atoms with Crippen LogP contribution in [0.2, 0.25) is 0 Å². The van der Waals surface area contributed by atoms with Crippen molar-refractivity contribution in [1.82, 2.24) is 19.5 Å². The molecule has 0 aliphatic carbocycles. The van der Waals surface area contributed by atoms with Crippen LogP contribution in [-0.2, 0) is 0 Å². The molecular weight excluding hydrogens is 661 g/mol. The van der Waals surface area contributed by atoms with Gasteiger partial charge in [0.1, 0.15) is 0 Å². The molecule has 4 nitrogen and oxygen atoms in total. The number of aromatic nitrogens is 4. The number of fused-ring (bicyclic) bond motifs is 9. The molecule has 238 valence electrons. The second-order valence-electron chi connectivity index (χ2n) is 12.8. The zero-order valence-corrected chi connectivity index (χ0v) is 28.7. The van der Waals surface area contributed by atoms with E-state index in [9.17, 15) is 0 Å². The Hall–Kier alpha value is -6.21. The number of hydrogen-bond donors (Lipinski definition) is 0. The molecule has 0 bridgehead atoms. The summed E-state index contributed by atoms with van der Waals surface area (Å²) in [5.74, 6) is 1.99. The Balaban J connectivity index is 1.17. The molecule has 0 fully saturated rings. The fourth-order valence-corrected chi connectivity index (χ4v) is 9.77. The molecular formula is C45H26N4S2. The maximum absolute atomic E-state index is 5.27. The molecule has 6 heteroatoms. The van der Waals surface area contributed by atoms with Gasteiger partial charge in [-0.3, -0.25) is 0 Å². The van der Waals surface area contributed by atoms with Crippen molar-refractivity contribution >= 4 is 84.8 Å². The Bertz CT molecular complexity index is 3150. The largest absolute Gasteiger partial charge is 0.309 e. The van der Waals surface area contributed by atoms with Crippen molar-refractivity contribution in [3.05, 3.63) is 158 Å². The van der Waals surface area contributed by atoms with E-state index in [2.05, 4.69) is 162 Å². The molecule has 0 aliphatic rings. The second-order valence-corrected chi connectivity index (χ2v) is 15.0. The molecule has 4 aromatic heterocycles. The van der Waals surface area contributed by atoms with E-state index in [0.29, 0.717) is 17.5 Å². The summed E-state index contributed by atoms with van der Waals surface area (Å²) < 4.78 is 7.34. The van der Waals surface area contributed by atoms with Gasteiger partial charge in [-0.25, -0.2) is 15.0 Å². The lowest BCUT2D eigenvalue weighted by atomic mass is 10.0. The first-order valence-corrected chi connectivity index (χ1v) is 18.6. The van der Waals surface area contributed by atoms with Gasteiger partial charge in [0.15, 0.2) is 17.5 Å². The molecule has 11 rings (SSSR count). The summed E-state index contributed by atoms with van der Waals surface area (Å²) in [6.07, 6.45) is 0. The summed E-state index contributed by atoms with van der Waals surface area (Å²) in [5.41, 5.74) is 6.38. The fraction of sp³-hybridized carbons (Fsp3) is 0. The van der Waals surface area contributed by atoms with Gasteiger partial charge in [-0.05, 0) is 72.8 Å². The van der Waals surface area contributed by atoms with Crippen LogP contribution < -0.4 is 0 Å². The lowest BCUT2D eigenvalue weighted by Gasteiger charge is -2.11. The first-order valence-electron chi connectivity index (χ1n) is 16.9. The van der Waals surface area contributed by atoms with Crippen LogP contribution in [0.5, 0.6) is 0 Å². The minimum atomic E-state index is 0.653. The quantitative estimate of drug-likeness (QED) is 0.185. The summed E-state index contributed by atoms with van der Waals surface area (Å²) in [5, 5.41) is 7.23. The van der Waals surface area contributed by atoms with E-state index < -0.39 is 0 Å². The SMILES string of the molecule is c1ccc(-n2c3ccccc3c3cc(-c4nc(-c5ccc6sc7ccccc7c6c5)nc(-c5cccc6sc7ccccc7c56)n4)ccc32)cc1. The Kier molecular flexibility index (Phi) is 6.26. The minimum absolute atomic E-state index is 0.653. The summed E-state index contributed by atoms with van der Waals surface area (Å²) in [4.78, 5) is 15.7. The van der Waals surface area contributed by atoms with Crippen molar-refractivity contribution in [2.24, 2.45) is 0 Å². The van der Waals surface area contributed by atoms with Gasteiger partial charge in [0.05, 0.1) is 11.0 Å². The second kappa shape index (κ2) is 11.2. The molecule has 0 spiro atoms. The van der Waals surface area contributed by atoms with E-state index in [4.69, 9.17) is 15.0 Å². The molecule has 0 radical (unpaired) electrons. The van der Waals surface area contributed by atoms with Gasteiger partial charge in [0.2, 0.25) is 0 Å². The van der Waals surface area contributed by atoms with Gasteiger partial charge in [-0.1, -0.05) is 84.9 Å². The summed E-state index contributed by atoms with van der Waals surface area (Å²) in [7, 11) is 0. The number of rotatable bonds is 4.